The SMILES string of the molecule is CCC(C)Oc1cccc(NC(=O)NCCc2ccc(OC)cc2)c1. The van der Waals surface area contributed by atoms with E-state index in [2.05, 4.69) is 17.6 Å². The Morgan fingerprint density at radius 2 is 1.88 bits per heavy atom. The van der Waals surface area contributed by atoms with Crippen LogP contribution in [0.3, 0.4) is 0 Å². The van der Waals surface area contributed by atoms with Crippen LogP contribution < -0.4 is 20.1 Å². The molecule has 0 radical (unpaired) electrons. The van der Waals surface area contributed by atoms with E-state index in [0.717, 1.165) is 29.9 Å². The van der Waals surface area contributed by atoms with E-state index in [9.17, 15) is 4.79 Å². The Kier molecular flexibility index (Phi) is 7.14. The molecule has 2 aromatic carbocycles. The Morgan fingerprint density at radius 1 is 1.12 bits per heavy atom. The minimum absolute atomic E-state index is 0.147. The maximum atomic E-state index is 12.0. The fourth-order valence-electron chi connectivity index (χ4n) is 2.25. The zero-order chi connectivity index (χ0) is 18.1. The van der Waals surface area contributed by atoms with E-state index in [1.54, 1.807) is 7.11 Å². The van der Waals surface area contributed by atoms with Gasteiger partial charge in [0.25, 0.3) is 0 Å². The van der Waals surface area contributed by atoms with Crippen molar-refractivity contribution in [1.29, 1.82) is 0 Å². The number of carbonyl (C=O) groups excluding carboxylic acids is 1. The summed E-state index contributed by atoms with van der Waals surface area (Å²) in [5.74, 6) is 1.58. The van der Waals surface area contributed by atoms with Gasteiger partial charge in [-0.2, -0.15) is 0 Å². The zero-order valence-corrected chi connectivity index (χ0v) is 15.0. The van der Waals surface area contributed by atoms with Crippen LogP contribution in [-0.4, -0.2) is 25.8 Å². The van der Waals surface area contributed by atoms with Crippen LogP contribution in [0.2, 0.25) is 0 Å². The molecule has 0 aliphatic rings. The number of rotatable bonds is 8. The Balaban J connectivity index is 1.78. The number of hydrogen-bond acceptors (Lipinski definition) is 3. The number of nitrogens with one attached hydrogen (secondary N) is 2. The zero-order valence-electron chi connectivity index (χ0n) is 15.0. The summed E-state index contributed by atoms with van der Waals surface area (Å²) in [6, 6.07) is 15.0. The molecule has 0 aliphatic heterocycles. The van der Waals surface area contributed by atoms with E-state index < -0.39 is 0 Å². The molecule has 0 bridgehead atoms. The number of anilines is 1. The highest BCUT2D eigenvalue weighted by Crippen LogP contribution is 2.19. The molecule has 5 heteroatoms. The average molecular weight is 342 g/mol. The van der Waals surface area contributed by atoms with Crippen LogP contribution >= 0.6 is 0 Å². The van der Waals surface area contributed by atoms with Gasteiger partial charge in [0.2, 0.25) is 0 Å². The second-order valence-corrected chi connectivity index (χ2v) is 5.84. The number of urea groups is 1. The van der Waals surface area contributed by atoms with Gasteiger partial charge in [0, 0.05) is 18.3 Å². The molecule has 0 saturated carbocycles. The number of hydrogen-bond donors (Lipinski definition) is 2. The normalized spacial score (nSPS) is 11.5. The van der Waals surface area contributed by atoms with Crippen LogP contribution in [0, 0.1) is 0 Å². The van der Waals surface area contributed by atoms with Crippen molar-refractivity contribution >= 4 is 11.7 Å². The van der Waals surface area contributed by atoms with Gasteiger partial charge < -0.3 is 20.1 Å². The Hall–Kier alpha value is -2.69. The molecule has 134 valence electrons. The van der Waals surface area contributed by atoms with Crippen molar-refractivity contribution in [2.45, 2.75) is 32.8 Å². The smallest absolute Gasteiger partial charge is 0.319 e. The van der Waals surface area contributed by atoms with E-state index in [1.807, 2.05) is 55.5 Å². The van der Waals surface area contributed by atoms with Crippen molar-refractivity contribution in [2.75, 3.05) is 19.0 Å². The third-order valence-electron chi connectivity index (χ3n) is 3.86. The predicted octanol–water partition coefficient (Wildman–Crippen LogP) is 4.24. The molecule has 25 heavy (non-hydrogen) atoms. The molecule has 5 nitrogen and oxygen atoms in total. The van der Waals surface area contributed by atoms with Crippen LogP contribution in [0.25, 0.3) is 0 Å². The first kappa shape index (κ1) is 18.6. The highest BCUT2D eigenvalue weighted by molar-refractivity contribution is 5.89. The summed E-state index contributed by atoms with van der Waals surface area (Å²) >= 11 is 0. The molecule has 2 amide bonds. The van der Waals surface area contributed by atoms with E-state index >= 15 is 0 Å². The molecule has 2 rings (SSSR count). The summed E-state index contributed by atoms with van der Waals surface area (Å²) < 4.78 is 10.9. The monoisotopic (exact) mass is 342 g/mol. The van der Waals surface area contributed by atoms with Crippen LogP contribution in [0.5, 0.6) is 11.5 Å². The van der Waals surface area contributed by atoms with Gasteiger partial charge >= 0.3 is 6.03 Å². The molecular weight excluding hydrogens is 316 g/mol. The second-order valence-electron chi connectivity index (χ2n) is 5.84. The van der Waals surface area contributed by atoms with Gasteiger partial charge in [-0.3, -0.25) is 0 Å². The molecule has 2 N–H and O–H groups in total. The highest BCUT2D eigenvalue weighted by atomic mass is 16.5. The standard InChI is InChI=1S/C20H26N2O3/c1-4-15(2)25-19-7-5-6-17(14-19)22-20(23)21-13-12-16-8-10-18(24-3)11-9-16/h5-11,14-15H,4,12-13H2,1-3H3,(H2,21,22,23). The number of carbonyl (C=O) groups is 1. The Bertz CT molecular complexity index is 671. The van der Waals surface area contributed by atoms with Crippen LogP contribution in [-0.2, 0) is 6.42 Å². The van der Waals surface area contributed by atoms with Crippen molar-refractivity contribution in [3.05, 3.63) is 54.1 Å². The topological polar surface area (TPSA) is 59.6 Å². The summed E-state index contributed by atoms with van der Waals surface area (Å²) in [6.07, 6.45) is 1.84. The Morgan fingerprint density at radius 3 is 2.56 bits per heavy atom. The molecule has 0 heterocycles. The van der Waals surface area contributed by atoms with Gasteiger partial charge in [-0.25, -0.2) is 4.79 Å². The van der Waals surface area contributed by atoms with Crippen molar-refractivity contribution in [3.8, 4) is 11.5 Å². The molecule has 1 atom stereocenters. The van der Waals surface area contributed by atoms with Gasteiger partial charge in [-0.05, 0) is 49.6 Å². The summed E-state index contributed by atoms with van der Waals surface area (Å²) in [4.78, 5) is 12.0. The van der Waals surface area contributed by atoms with E-state index in [4.69, 9.17) is 9.47 Å². The molecule has 2 aromatic rings. The van der Waals surface area contributed by atoms with Crippen molar-refractivity contribution in [3.63, 3.8) is 0 Å². The highest BCUT2D eigenvalue weighted by Gasteiger charge is 2.05. The second kappa shape index (κ2) is 9.57. The molecule has 0 fully saturated rings. The third-order valence-corrected chi connectivity index (χ3v) is 3.86. The number of ether oxygens (including phenoxy) is 2. The lowest BCUT2D eigenvalue weighted by Gasteiger charge is -2.14. The first-order valence-corrected chi connectivity index (χ1v) is 8.55. The first-order valence-electron chi connectivity index (χ1n) is 8.55. The maximum absolute atomic E-state index is 12.0. The fraction of sp³-hybridized carbons (Fsp3) is 0.350. The number of amides is 2. The predicted molar refractivity (Wildman–Crippen MR) is 101 cm³/mol. The van der Waals surface area contributed by atoms with Crippen molar-refractivity contribution in [2.24, 2.45) is 0 Å². The molecule has 0 saturated heterocycles. The first-order chi connectivity index (χ1) is 12.1. The minimum Gasteiger partial charge on any atom is -0.497 e. The largest absolute Gasteiger partial charge is 0.497 e. The molecule has 0 aliphatic carbocycles. The lowest BCUT2D eigenvalue weighted by Crippen LogP contribution is -2.30. The van der Waals surface area contributed by atoms with Gasteiger partial charge in [-0.15, -0.1) is 0 Å². The molecule has 0 aromatic heterocycles. The van der Waals surface area contributed by atoms with E-state index in [-0.39, 0.29) is 12.1 Å². The molecule has 1 unspecified atom stereocenters. The van der Waals surface area contributed by atoms with E-state index in [1.165, 1.54) is 0 Å². The van der Waals surface area contributed by atoms with Crippen LogP contribution in [0.1, 0.15) is 25.8 Å². The number of methoxy groups -OCH3 is 1. The Labute approximate surface area is 149 Å². The average Bonchev–Trinajstić information content (AvgIpc) is 2.62. The summed E-state index contributed by atoms with van der Waals surface area (Å²) in [5.41, 5.74) is 1.85. The fourth-order valence-corrected chi connectivity index (χ4v) is 2.25. The lowest BCUT2D eigenvalue weighted by molar-refractivity contribution is 0.217. The van der Waals surface area contributed by atoms with E-state index in [0.29, 0.717) is 12.2 Å². The van der Waals surface area contributed by atoms with Crippen LogP contribution in [0.15, 0.2) is 48.5 Å². The summed E-state index contributed by atoms with van der Waals surface area (Å²) in [6.45, 7) is 4.65. The van der Waals surface area contributed by atoms with Gasteiger partial charge in [0.15, 0.2) is 0 Å². The number of benzene rings is 2. The lowest BCUT2D eigenvalue weighted by atomic mass is 10.1. The third kappa shape index (κ3) is 6.37. The summed E-state index contributed by atoms with van der Waals surface area (Å²) in [7, 11) is 1.64. The van der Waals surface area contributed by atoms with Crippen molar-refractivity contribution in [1.82, 2.24) is 5.32 Å². The quantitative estimate of drug-likeness (QED) is 0.754. The maximum Gasteiger partial charge on any atom is 0.319 e. The van der Waals surface area contributed by atoms with Crippen LogP contribution in [0.4, 0.5) is 10.5 Å². The van der Waals surface area contributed by atoms with Crippen molar-refractivity contribution < 1.29 is 14.3 Å². The minimum atomic E-state index is -0.228. The summed E-state index contributed by atoms with van der Waals surface area (Å²) in [5, 5.41) is 5.69. The van der Waals surface area contributed by atoms with Gasteiger partial charge in [0.1, 0.15) is 11.5 Å². The van der Waals surface area contributed by atoms with Gasteiger partial charge in [-0.1, -0.05) is 25.1 Å². The molecular formula is C20H26N2O3. The molecule has 0 spiro atoms. The van der Waals surface area contributed by atoms with Gasteiger partial charge in [0.05, 0.1) is 13.2 Å².